The molecule has 26 heavy (non-hydrogen) atoms. The van der Waals surface area contributed by atoms with Gasteiger partial charge in [0.05, 0.1) is 5.02 Å². The first kappa shape index (κ1) is 19.0. The second-order valence-electron chi connectivity index (χ2n) is 7.57. The van der Waals surface area contributed by atoms with E-state index in [9.17, 15) is 0 Å². The molecule has 0 spiro atoms. The van der Waals surface area contributed by atoms with Gasteiger partial charge in [-0.2, -0.15) is 0 Å². The van der Waals surface area contributed by atoms with E-state index in [0.717, 1.165) is 35.7 Å². The number of hydrogen-bond acceptors (Lipinski definition) is 4. The molecule has 2 aromatic rings. The van der Waals surface area contributed by atoms with Crippen molar-refractivity contribution in [3.05, 3.63) is 35.6 Å². The quantitative estimate of drug-likeness (QED) is 0.625. The van der Waals surface area contributed by atoms with Crippen molar-refractivity contribution >= 4 is 23.2 Å². The maximum absolute atomic E-state index is 6.44. The summed E-state index contributed by atoms with van der Waals surface area (Å²) < 4.78 is 0. The Kier molecular flexibility index (Phi) is 6.73. The summed E-state index contributed by atoms with van der Waals surface area (Å²) in [7, 11) is 0. The molecular formula is C21H29ClN4. The molecule has 3 rings (SSSR count). The predicted octanol–water partition coefficient (Wildman–Crippen LogP) is 6.00. The number of nitrogens with zero attached hydrogens (tertiary/aromatic N) is 2. The molecule has 1 fully saturated rings. The Hall–Kier alpha value is -1.81. The molecule has 140 valence electrons. The summed E-state index contributed by atoms with van der Waals surface area (Å²) in [5.74, 6) is 2.47. The molecule has 0 aromatic carbocycles. The van der Waals surface area contributed by atoms with Crippen LogP contribution in [0.4, 0.5) is 11.6 Å². The summed E-state index contributed by atoms with van der Waals surface area (Å²) in [6.07, 6.45) is 11.1. The van der Waals surface area contributed by atoms with Gasteiger partial charge in [-0.25, -0.2) is 9.97 Å². The van der Waals surface area contributed by atoms with Crippen LogP contribution in [0.1, 0.15) is 52.4 Å². The third-order valence-corrected chi connectivity index (χ3v) is 5.21. The summed E-state index contributed by atoms with van der Waals surface area (Å²) in [5.41, 5.74) is 2.06. The highest BCUT2D eigenvalue weighted by molar-refractivity contribution is 6.33. The third kappa shape index (κ3) is 5.34. The van der Waals surface area contributed by atoms with Crippen LogP contribution in [-0.2, 0) is 0 Å². The number of pyridine rings is 2. The van der Waals surface area contributed by atoms with Crippen LogP contribution in [0.3, 0.4) is 0 Å². The maximum atomic E-state index is 6.44. The van der Waals surface area contributed by atoms with E-state index in [4.69, 9.17) is 11.6 Å². The van der Waals surface area contributed by atoms with E-state index in [1.54, 1.807) is 6.20 Å². The van der Waals surface area contributed by atoms with Gasteiger partial charge in [-0.15, -0.1) is 0 Å². The lowest BCUT2D eigenvalue weighted by molar-refractivity contribution is 0.462. The molecule has 0 aliphatic heterocycles. The predicted molar refractivity (Wildman–Crippen MR) is 111 cm³/mol. The van der Waals surface area contributed by atoms with Gasteiger partial charge in [-0.05, 0) is 48.9 Å². The molecule has 1 saturated carbocycles. The molecule has 0 atom stereocenters. The Labute approximate surface area is 161 Å². The molecule has 2 aromatic heterocycles. The lowest BCUT2D eigenvalue weighted by atomic mass is 9.95. The van der Waals surface area contributed by atoms with Crippen LogP contribution in [0.2, 0.25) is 5.02 Å². The first-order chi connectivity index (χ1) is 12.6. The van der Waals surface area contributed by atoms with Crippen molar-refractivity contribution in [2.75, 3.05) is 17.2 Å². The topological polar surface area (TPSA) is 49.8 Å². The molecule has 1 aliphatic rings. The summed E-state index contributed by atoms with van der Waals surface area (Å²) in [6.45, 7) is 5.37. The number of halogens is 1. The van der Waals surface area contributed by atoms with Crippen molar-refractivity contribution in [2.24, 2.45) is 5.92 Å². The summed E-state index contributed by atoms with van der Waals surface area (Å²) in [5, 5.41) is 7.64. The van der Waals surface area contributed by atoms with Crippen LogP contribution in [0.5, 0.6) is 0 Å². The molecule has 0 saturated heterocycles. The van der Waals surface area contributed by atoms with Crippen LogP contribution in [0, 0.1) is 5.92 Å². The highest BCUT2D eigenvalue weighted by Crippen LogP contribution is 2.31. The standard InChI is InChI=1S/C21H29ClN4/c1-15(2)8-10-23-20-12-16(9-11-24-20)18-13-21(25-14-19(18)22)26-17-6-4-3-5-7-17/h9,11-15,17H,3-8,10H2,1-2H3,(H,23,24)(H,25,26). The van der Waals surface area contributed by atoms with Gasteiger partial charge in [-0.3, -0.25) is 0 Å². The number of anilines is 2. The lowest BCUT2D eigenvalue weighted by Gasteiger charge is -2.23. The number of aromatic nitrogens is 2. The highest BCUT2D eigenvalue weighted by atomic mass is 35.5. The van der Waals surface area contributed by atoms with Crippen molar-refractivity contribution < 1.29 is 0 Å². The zero-order chi connectivity index (χ0) is 18.4. The molecule has 1 aliphatic carbocycles. The number of hydrogen-bond donors (Lipinski definition) is 2. The number of rotatable bonds is 7. The van der Waals surface area contributed by atoms with E-state index in [1.165, 1.54) is 32.1 Å². The zero-order valence-corrected chi connectivity index (χ0v) is 16.5. The smallest absolute Gasteiger partial charge is 0.126 e. The average molecular weight is 373 g/mol. The zero-order valence-electron chi connectivity index (χ0n) is 15.8. The van der Waals surface area contributed by atoms with Gasteiger partial charge in [0, 0.05) is 30.5 Å². The molecule has 4 nitrogen and oxygen atoms in total. The average Bonchev–Trinajstić information content (AvgIpc) is 2.64. The minimum atomic E-state index is 0.524. The van der Waals surface area contributed by atoms with E-state index in [-0.39, 0.29) is 0 Å². The van der Waals surface area contributed by atoms with E-state index in [2.05, 4.69) is 46.6 Å². The van der Waals surface area contributed by atoms with Crippen molar-refractivity contribution in [1.29, 1.82) is 0 Å². The fraction of sp³-hybridized carbons (Fsp3) is 0.524. The first-order valence-electron chi connectivity index (χ1n) is 9.74. The minimum Gasteiger partial charge on any atom is -0.370 e. The van der Waals surface area contributed by atoms with Gasteiger partial charge in [0.1, 0.15) is 11.6 Å². The molecule has 0 radical (unpaired) electrons. The lowest BCUT2D eigenvalue weighted by Crippen LogP contribution is -2.22. The SMILES string of the molecule is CC(C)CCNc1cc(-c2cc(NC3CCCCC3)ncc2Cl)ccn1. The monoisotopic (exact) mass is 372 g/mol. The molecular weight excluding hydrogens is 344 g/mol. The second kappa shape index (κ2) is 9.22. The molecule has 5 heteroatoms. The van der Waals surface area contributed by atoms with Gasteiger partial charge in [0.25, 0.3) is 0 Å². The van der Waals surface area contributed by atoms with Gasteiger partial charge >= 0.3 is 0 Å². The molecule has 0 bridgehead atoms. The van der Waals surface area contributed by atoms with Gasteiger partial charge < -0.3 is 10.6 Å². The van der Waals surface area contributed by atoms with E-state index >= 15 is 0 Å². The van der Waals surface area contributed by atoms with E-state index in [0.29, 0.717) is 17.0 Å². The number of nitrogens with one attached hydrogen (secondary N) is 2. The van der Waals surface area contributed by atoms with Crippen molar-refractivity contribution in [3.63, 3.8) is 0 Å². The van der Waals surface area contributed by atoms with Crippen LogP contribution in [0.25, 0.3) is 11.1 Å². The first-order valence-corrected chi connectivity index (χ1v) is 10.1. The Balaban J connectivity index is 1.74. The van der Waals surface area contributed by atoms with Crippen LogP contribution >= 0.6 is 11.6 Å². The van der Waals surface area contributed by atoms with Crippen LogP contribution in [0.15, 0.2) is 30.6 Å². The van der Waals surface area contributed by atoms with E-state index in [1.807, 2.05) is 12.3 Å². The van der Waals surface area contributed by atoms with Crippen LogP contribution < -0.4 is 10.6 Å². The van der Waals surface area contributed by atoms with E-state index < -0.39 is 0 Å². The summed E-state index contributed by atoms with van der Waals surface area (Å²) in [4.78, 5) is 8.90. The Bertz CT molecular complexity index is 711. The van der Waals surface area contributed by atoms with Gasteiger partial charge in [0.15, 0.2) is 0 Å². The molecule has 2 N–H and O–H groups in total. The highest BCUT2D eigenvalue weighted by Gasteiger charge is 2.15. The maximum Gasteiger partial charge on any atom is 0.126 e. The Morgan fingerprint density at radius 2 is 1.92 bits per heavy atom. The van der Waals surface area contributed by atoms with Crippen LogP contribution in [-0.4, -0.2) is 22.6 Å². The minimum absolute atomic E-state index is 0.524. The fourth-order valence-corrected chi connectivity index (χ4v) is 3.59. The van der Waals surface area contributed by atoms with Gasteiger partial charge in [0.2, 0.25) is 0 Å². The normalized spacial score (nSPS) is 15.2. The Morgan fingerprint density at radius 3 is 2.69 bits per heavy atom. The fourth-order valence-electron chi connectivity index (χ4n) is 3.38. The van der Waals surface area contributed by atoms with Crippen molar-refractivity contribution in [2.45, 2.75) is 58.4 Å². The second-order valence-corrected chi connectivity index (χ2v) is 7.97. The molecule has 2 heterocycles. The largest absolute Gasteiger partial charge is 0.370 e. The Morgan fingerprint density at radius 1 is 1.12 bits per heavy atom. The molecule has 0 amide bonds. The third-order valence-electron chi connectivity index (χ3n) is 4.91. The summed E-state index contributed by atoms with van der Waals surface area (Å²) in [6, 6.07) is 6.64. The van der Waals surface area contributed by atoms with Crippen molar-refractivity contribution in [3.8, 4) is 11.1 Å². The van der Waals surface area contributed by atoms with Crippen molar-refractivity contribution in [1.82, 2.24) is 9.97 Å². The molecule has 0 unspecified atom stereocenters. The summed E-state index contributed by atoms with van der Waals surface area (Å²) >= 11 is 6.44. The van der Waals surface area contributed by atoms with Gasteiger partial charge in [-0.1, -0.05) is 44.7 Å².